The molecule has 0 saturated carbocycles. The summed E-state index contributed by atoms with van der Waals surface area (Å²) in [7, 11) is -1.23. The van der Waals surface area contributed by atoms with Crippen LogP contribution >= 0.6 is 22.7 Å². The molecule has 5 aromatic carbocycles. The van der Waals surface area contributed by atoms with Gasteiger partial charge in [-0.05, 0) is 72.0 Å². The molecule has 0 saturated heterocycles. The van der Waals surface area contributed by atoms with Crippen LogP contribution in [0.15, 0.2) is 134 Å². The van der Waals surface area contributed by atoms with Gasteiger partial charge in [-0.1, -0.05) is 129 Å². The minimum Gasteiger partial charge on any atom is -0.305 e. The Morgan fingerprint density at radius 2 is 1.46 bits per heavy atom. The number of nitrogens with zero attached hydrogens (tertiary/aromatic N) is 2. The van der Waals surface area contributed by atoms with Crippen LogP contribution in [0.3, 0.4) is 0 Å². The van der Waals surface area contributed by atoms with Crippen molar-refractivity contribution in [3.63, 3.8) is 0 Å². The van der Waals surface area contributed by atoms with Crippen molar-refractivity contribution < 1.29 is 21.5 Å². The monoisotopic (exact) mass is 904 g/mol. The minimum absolute atomic E-state index is 0. The van der Waals surface area contributed by atoms with Gasteiger partial charge in [0.05, 0.1) is 8.07 Å². The molecule has 4 aromatic heterocycles. The molecule has 1 radical (unpaired) electrons. The first-order valence-corrected chi connectivity index (χ1v) is 22.4. The zero-order valence-corrected chi connectivity index (χ0v) is 34.8. The maximum atomic E-state index is 8.56. The molecule has 259 valence electrons. The second kappa shape index (κ2) is 15.0. The Hall–Kier alpha value is -4.29. The van der Waals surface area contributed by atoms with Crippen LogP contribution < -0.4 is 5.19 Å². The van der Waals surface area contributed by atoms with Gasteiger partial charge in [-0.2, -0.15) is 22.7 Å². The van der Waals surface area contributed by atoms with Crippen molar-refractivity contribution in [3.05, 3.63) is 151 Å². The smallest absolute Gasteiger partial charge is 0.0795 e. The fraction of sp³-hybridized carbons (Fsp3) is 0.130. The molecule has 2 nitrogen and oxygen atoms in total. The van der Waals surface area contributed by atoms with Crippen LogP contribution in [0.25, 0.3) is 74.0 Å². The fourth-order valence-electron chi connectivity index (χ4n) is 6.49. The Labute approximate surface area is 330 Å². The van der Waals surface area contributed by atoms with E-state index in [9.17, 15) is 0 Å². The first kappa shape index (κ1) is 34.8. The van der Waals surface area contributed by atoms with Crippen LogP contribution in [0.1, 0.15) is 26.7 Å². The summed E-state index contributed by atoms with van der Waals surface area (Å²) in [6.07, 6.45) is 3.85. The van der Waals surface area contributed by atoms with E-state index in [2.05, 4.69) is 128 Å². The summed E-state index contributed by atoms with van der Waals surface area (Å²) in [5.74, 6) is -0.691. The average molecular weight is 904 g/mol. The number of pyridine rings is 2. The van der Waals surface area contributed by atoms with E-state index in [1.54, 1.807) is 11.3 Å². The van der Waals surface area contributed by atoms with E-state index in [1.165, 1.54) is 52.0 Å². The van der Waals surface area contributed by atoms with E-state index in [0.29, 0.717) is 0 Å². The molecular weight excluding hydrogens is 865 g/mol. The summed E-state index contributed by atoms with van der Waals surface area (Å²) < 4.78 is 13.5. The summed E-state index contributed by atoms with van der Waals surface area (Å²) in [5, 5.41) is 6.52. The number of rotatable bonds is 5. The maximum Gasteiger partial charge on any atom is 0.0795 e. The molecule has 0 spiro atoms. The van der Waals surface area contributed by atoms with Gasteiger partial charge in [0.15, 0.2) is 0 Å². The average Bonchev–Trinajstić information content (AvgIpc) is 3.73. The Kier molecular flexibility index (Phi) is 10.0. The molecule has 0 atom stereocenters. The molecule has 0 aliphatic carbocycles. The number of aromatic nitrogens is 2. The van der Waals surface area contributed by atoms with Gasteiger partial charge in [0.2, 0.25) is 0 Å². The number of benzene rings is 5. The fourth-order valence-corrected chi connectivity index (χ4v) is 9.90. The van der Waals surface area contributed by atoms with Crippen molar-refractivity contribution in [1.82, 2.24) is 9.97 Å². The molecule has 4 heterocycles. The molecule has 0 aliphatic heterocycles. The Morgan fingerprint density at radius 3 is 2.19 bits per heavy atom. The van der Waals surface area contributed by atoms with Crippen LogP contribution in [-0.4, -0.2) is 18.0 Å². The van der Waals surface area contributed by atoms with E-state index in [4.69, 9.17) is 6.35 Å². The Balaban J connectivity index is 0.000000216. The number of thiophene rings is 2. The van der Waals surface area contributed by atoms with Crippen molar-refractivity contribution in [2.24, 2.45) is 0 Å². The van der Waals surface area contributed by atoms with Gasteiger partial charge in [-0.15, -0.1) is 47.5 Å². The molecule has 9 rings (SSSR count). The van der Waals surface area contributed by atoms with Gasteiger partial charge < -0.3 is 9.97 Å². The normalized spacial score (nSPS) is 12.1. The standard InChI is InChI=1S/C32H22NS2.C14H16NSi.Ir/c1-19(2)21-14-15-33-26(16-21)25-18-29-30(23-10-6-7-11-27(23)34-29)31-24-13-12-22(17-28(24)35-32(25)31)20-8-4-3-5-9-20;1-16(2,3)13-9-10-14(15-11-13)12-7-5-4-6-8-12;/h3-17,19H,1-2H3;4-7,9-11H,1-3H3;/q2*-1;/i19D;;. The molecule has 6 heteroatoms. The summed E-state index contributed by atoms with van der Waals surface area (Å²) in [6, 6.07) is 49.3. The summed E-state index contributed by atoms with van der Waals surface area (Å²) in [4.78, 5) is 9.28. The first-order valence-electron chi connectivity index (χ1n) is 17.7. The SMILES string of the molecule is C[Si](C)(C)c1ccc(-c2[c-]cccc2)nc1.[2H]C(C)(C)c1ccnc(-c2[c-]c3sc4ccccc4c3c3c2sc2cc(-c4ccccc4)ccc23)c1.[Ir]. The van der Waals surface area contributed by atoms with Crippen LogP contribution in [0, 0.1) is 12.1 Å². The van der Waals surface area contributed by atoms with Gasteiger partial charge in [0.25, 0.3) is 0 Å². The second-order valence-corrected chi connectivity index (χ2v) is 21.3. The second-order valence-electron chi connectivity index (χ2n) is 14.1. The third-order valence-corrected chi connectivity index (χ3v) is 13.6. The number of hydrogen-bond acceptors (Lipinski definition) is 4. The van der Waals surface area contributed by atoms with Crippen molar-refractivity contribution >= 4 is 76.3 Å². The van der Waals surface area contributed by atoms with Gasteiger partial charge in [0.1, 0.15) is 0 Å². The molecule has 0 N–H and O–H groups in total. The molecular formula is C46H38IrN2S2Si-2. The molecule has 0 bridgehead atoms. The molecule has 0 amide bonds. The summed E-state index contributed by atoms with van der Waals surface area (Å²) in [5.41, 5.74) is 7.37. The Morgan fingerprint density at radius 1 is 0.692 bits per heavy atom. The quantitative estimate of drug-likeness (QED) is 0.127. The van der Waals surface area contributed by atoms with Crippen molar-refractivity contribution in [2.75, 3.05) is 0 Å². The number of fused-ring (bicyclic) bond motifs is 7. The molecule has 0 fully saturated rings. The van der Waals surface area contributed by atoms with Crippen LogP contribution in [0.4, 0.5) is 0 Å². The van der Waals surface area contributed by atoms with E-state index in [1.807, 2.05) is 67.9 Å². The maximum absolute atomic E-state index is 8.56. The summed E-state index contributed by atoms with van der Waals surface area (Å²) in [6.45, 7) is 10.8. The predicted molar refractivity (Wildman–Crippen MR) is 225 cm³/mol. The zero-order valence-electron chi connectivity index (χ0n) is 30.7. The largest absolute Gasteiger partial charge is 0.305 e. The molecule has 9 aromatic rings. The van der Waals surface area contributed by atoms with Gasteiger partial charge in [-0.25, -0.2) is 0 Å². The molecule has 0 unspecified atom stereocenters. The van der Waals surface area contributed by atoms with Crippen LogP contribution in [-0.2, 0) is 20.1 Å². The van der Waals surface area contributed by atoms with Crippen molar-refractivity contribution in [1.29, 1.82) is 0 Å². The van der Waals surface area contributed by atoms with E-state index in [0.717, 1.165) is 32.8 Å². The van der Waals surface area contributed by atoms with Gasteiger partial charge in [-0.3, -0.25) is 0 Å². The third kappa shape index (κ3) is 7.07. The summed E-state index contributed by atoms with van der Waals surface area (Å²) >= 11 is 3.61. The molecule has 0 aliphatic rings. The molecule has 52 heavy (non-hydrogen) atoms. The Bertz CT molecular complexity index is 2690. The van der Waals surface area contributed by atoms with Crippen molar-refractivity contribution in [3.8, 4) is 33.6 Å². The topological polar surface area (TPSA) is 25.8 Å². The predicted octanol–water partition coefficient (Wildman–Crippen LogP) is 13.2. The third-order valence-electron chi connectivity index (χ3n) is 9.32. The van der Waals surface area contributed by atoms with Gasteiger partial charge >= 0.3 is 0 Å². The van der Waals surface area contributed by atoms with Crippen LogP contribution in [0.2, 0.25) is 19.6 Å². The number of hydrogen-bond donors (Lipinski definition) is 0. The van der Waals surface area contributed by atoms with E-state index < -0.39 is 14.0 Å². The van der Waals surface area contributed by atoms with Gasteiger partial charge in [0, 0.05) is 43.3 Å². The van der Waals surface area contributed by atoms with E-state index >= 15 is 0 Å². The minimum atomic E-state index is -1.23. The van der Waals surface area contributed by atoms with Crippen molar-refractivity contribution in [2.45, 2.75) is 39.4 Å². The zero-order chi connectivity index (χ0) is 36.0. The van der Waals surface area contributed by atoms with E-state index in [-0.39, 0.29) is 20.1 Å². The first-order chi connectivity index (χ1) is 25.0. The van der Waals surface area contributed by atoms with Crippen LogP contribution in [0.5, 0.6) is 0 Å².